The highest BCUT2D eigenvalue weighted by molar-refractivity contribution is 7.89. The number of benzene rings is 1. The highest BCUT2D eigenvalue weighted by atomic mass is 32.2. The van der Waals surface area contributed by atoms with E-state index < -0.39 is 16.0 Å². The van der Waals surface area contributed by atoms with Crippen LogP contribution in [-0.2, 0) is 14.8 Å². The van der Waals surface area contributed by atoms with Gasteiger partial charge in [0.1, 0.15) is 6.07 Å². The lowest BCUT2D eigenvalue weighted by Gasteiger charge is -2.07. The van der Waals surface area contributed by atoms with Gasteiger partial charge in [-0.1, -0.05) is 12.1 Å². The molecule has 0 aliphatic heterocycles. The third-order valence-corrected chi connectivity index (χ3v) is 3.68. The minimum absolute atomic E-state index is 0.0222. The fraction of sp³-hybridized carbons (Fsp3) is 0.273. The van der Waals surface area contributed by atoms with Crippen LogP contribution in [0.3, 0.4) is 0 Å². The average molecular weight is 268 g/mol. The summed E-state index contributed by atoms with van der Waals surface area (Å²) < 4.78 is 26.0. The number of nitriles is 1. The number of hydrogen-bond donors (Lipinski definition) is 2. The largest absolute Gasteiger partial charge is 0.481 e. The van der Waals surface area contributed by atoms with Gasteiger partial charge in [-0.2, -0.15) is 5.26 Å². The maximum absolute atomic E-state index is 11.8. The van der Waals surface area contributed by atoms with Crippen LogP contribution in [0.4, 0.5) is 0 Å². The molecule has 96 valence electrons. The molecule has 0 saturated heterocycles. The minimum atomic E-state index is -3.77. The Kier molecular flexibility index (Phi) is 4.83. The third-order valence-electron chi connectivity index (χ3n) is 2.16. The molecule has 6 nitrogen and oxygen atoms in total. The van der Waals surface area contributed by atoms with Gasteiger partial charge < -0.3 is 5.11 Å². The topological polar surface area (TPSA) is 107 Å². The zero-order valence-corrected chi connectivity index (χ0v) is 10.3. The van der Waals surface area contributed by atoms with Gasteiger partial charge in [-0.3, -0.25) is 4.79 Å². The van der Waals surface area contributed by atoms with E-state index in [0.717, 1.165) is 0 Å². The molecule has 0 spiro atoms. The first-order valence-corrected chi connectivity index (χ1v) is 6.66. The number of rotatable bonds is 6. The smallest absolute Gasteiger partial charge is 0.303 e. The van der Waals surface area contributed by atoms with E-state index in [1.807, 2.05) is 0 Å². The number of carbonyl (C=O) groups is 1. The van der Waals surface area contributed by atoms with E-state index in [1.165, 1.54) is 18.2 Å². The first kappa shape index (κ1) is 14.2. The number of carboxylic acid groups (broad SMARTS) is 1. The van der Waals surface area contributed by atoms with E-state index in [4.69, 9.17) is 10.4 Å². The SMILES string of the molecule is N#Cc1ccccc1S(=O)(=O)NCCCC(=O)O. The zero-order chi connectivity index (χ0) is 13.6. The first-order valence-electron chi connectivity index (χ1n) is 5.18. The van der Waals surface area contributed by atoms with E-state index >= 15 is 0 Å². The Labute approximate surface area is 105 Å². The second-order valence-electron chi connectivity index (χ2n) is 3.50. The van der Waals surface area contributed by atoms with Crippen LogP contribution in [0.1, 0.15) is 18.4 Å². The maximum Gasteiger partial charge on any atom is 0.303 e. The predicted molar refractivity (Wildman–Crippen MR) is 63.2 cm³/mol. The lowest BCUT2D eigenvalue weighted by Crippen LogP contribution is -2.25. The fourth-order valence-electron chi connectivity index (χ4n) is 1.32. The molecule has 0 amide bonds. The molecule has 0 radical (unpaired) electrons. The number of nitrogens with zero attached hydrogens (tertiary/aromatic N) is 1. The van der Waals surface area contributed by atoms with Crippen molar-refractivity contribution in [2.75, 3.05) is 6.54 Å². The molecule has 18 heavy (non-hydrogen) atoms. The maximum atomic E-state index is 11.8. The van der Waals surface area contributed by atoms with E-state index in [1.54, 1.807) is 12.1 Å². The number of hydrogen-bond acceptors (Lipinski definition) is 4. The molecule has 0 atom stereocenters. The van der Waals surface area contributed by atoms with Gasteiger partial charge in [0, 0.05) is 13.0 Å². The monoisotopic (exact) mass is 268 g/mol. The molecule has 1 rings (SSSR count). The number of aliphatic carboxylic acids is 1. The average Bonchev–Trinajstić information content (AvgIpc) is 2.34. The number of nitrogens with one attached hydrogen (secondary N) is 1. The summed E-state index contributed by atoms with van der Waals surface area (Å²) >= 11 is 0. The molecule has 0 fully saturated rings. The Morgan fingerprint density at radius 3 is 2.67 bits per heavy atom. The molecule has 0 aliphatic rings. The van der Waals surface area contributed by atoms with Crippen molar-refractivity contribution in [1.82, 2.24) is 4.72 Å². The zero-order valence-electron chi connectivity index (χ0n) is 9.46. The number of sulfonamides is 1. The van der Waals surface area contributed by atoms with Gasteiger partial charge in [0.05, 0.1) is 10.5 Å². The molecular weight excluding hydrogens is 256 g/mol. The van der Waals surface area contributed by atoms with Crippen LogP contribution in [0.5, 0.6) is 0 Å². The lowest BCUT2D eigenvalue weighted by atomic mass is 10.2. The first-order chi connectivity index (χ1) is 8.47. The van der Waals surface area contributed by atoms with Gasteiger partial charge >= 0.3 is 5.97 Å². The molecule has 0 saturated carbocycles. The molecule has 1 aromatic rings. The molecule has 0 aliphatic carbocycles. The van der Waals surface area contributed by atoms with Crippen LogP contribution in [-0.4, -0.2) is 26.0 Å². The van der Waals surface area contributed by atoms with Gasteiger partial charge in [0.2, 0.25) is 10.0 Å². The summed E-state index contributed by atoms with van der Waals surface area (Å²) in [5.41, 5.74) is 0.0586. The van der Waals surface area contributed by atoms with Crippen molar-refractivity contribution >= 4 is 16.0 Å². The van der Waals surface area contributed by atoms with Crippen LogP contribution in [0.25, 0.3) is 0 Å². The van der Waals surface area contributed by atoms with Crippen molar-refractivity contribution in [3.8, 4) is 6.07 Å². The van der Waals surface area contributed by atoms with Crippen molar-refractivity contribution in [3.63, 3.8) is 0 Å². The summed E-state index contributed by atoms with van der Waals surface area (Å²) in [5.74, 6) is -0.980. The van der Waals surface area contributed by atoms with Crippen LogP contribution in [0, 0.1) is 11.3 Å². The van der Waals surface area contributed by atoms with E-state index in [-0.39, 0.29) is 29.8 Å². The summed E-state index contributed by atoms with van der Waals surface area (Å²) in [7, 11) is -3.77. The van der Waals surface area contributed by atoms with Crippen molar-refractivity contribution in [2.24, 2.45) is 0 Å². The van der Waals surface area contributed by atoms with E-state index in [0.29, 0.717) is 0 Å². The Morgan fingerprint density at radius 1 is 1.39 bits per heavy atom. The molecule has 7 heteroatoms. The van der Waals surface area contributed by atoms with Crippen LogP contribution in [0.15, 0.2) is 29.2 Å². The van der Waals surface area contributed by atoms with Crippen molar-refractivity contribution < 1.29 is 18.3 Å². The Morgan fingerprint density at radius 2 is 2.06 bits per heavy atom. The summed E-state index contributed by atoms with van der Waals surface area (Å²) in [4.78, 5) is 10.2. The Balaban J connectivity index is 2.75. The molecule has 0 bridgehead atoms. The molecule has 0 unspecified atom stereocenters. The Hall–Kier alpha value is -1.91. The van der Waals surface area contributed by atoms with E-state index in [2.05, 4.69) is 4.72 Å². The highest BCUT2D eigenvalue weighted by Crippen LogP contribution is 2.13. The summed E-state index contributed by atoms with van der Waals surface area (Å²) in [6.07, 6.45) is 0.0890. The van der Waals surface area contributed by atoms with E-state index in [9.17, 15) is 13.2 Å². The standard InChI is InChI=1S/C11H12N2O4S/c12-8-9-4-1-2-5-10(9)18(16,17)13-7-3-6-11(14)15/h1-2,4-5,13H,3,6-7H2,(H,14,15). The van der Waals surface area contributed by atoms with Crippen molar-refractivity contribution in [2.45, 2.75) is 17.7 Å². The van der Waals surface area contributed by atoms with Gasteiger partial charge in [-0.05, 0) is 18.6 Å². The summed E-state index contributed by atoms with van der Waals surface area (Å²) in [5, 5.41) is 17.2. The molecule has 2 N–H and O–H groups in total. The minimum Gasteiger partial charge on any atom is -0.481 e. The summed E-state index contributed by atoms with van der Waals surface area (Å²) in [6.45, 7) is 0.0222. The third kappa shape index (κ3) is 3.84. The summed E-state index contributed by atoms with van der Waals surface area (Å²) in [6, 6.07) is 7.63. The number of carboxylic acids is 1. The molecular formula is C11H12N2O4S. The second-order valence-corrected chi connectivity index (χ2v) is 5.24. The van der Waals surface area contributed by atoms with Crippen molar-refractivity contribution in [1.29, 1.82) is 5.26 Å². The normalized spacial score (nSPS) is 10.8. The van der Waals surface area contributed by atoms with Gasteiger partial charge in [-0.15, -0.1) is 0 Å². The lowest BCUT2D eigenvalue weighted by molar-refractivity contribution is -0.137. The fourth-order valence-corrected chi connectivity index (χ4v) is 2.55. The van der Waals surface area contributed by atoms with Gasteiger partial charge in [0.15, 0.2) is 0 Å². The molecule has 1 aromatic carbocycles. The second kappa shape index (κ2) is 6.14. The van der Waals surface area contributed by atoms with Crippen LogP contribution < -0.4 is 4.72 Å². The van der Waals surface area contributed by atoms with Gasteiger partial charge in [0.25, 0.3) is 0 Å². The van der Waals surface area contributed by atoms with Gasteiger partial charge in [-0.25, -0.2) is 13.1 Å². The predicted octanol–water partition coefficient (Wildman–Crippen LogP) is 0.701. The highest BCUT2D eigenvalue weighted by Gasteiger charge is 2.17. The molecule has 0 aromatic heterocycles. The molecule has 0 heterocycles. The van der Waals surface area contributed by atoms with Crippen LogP contribution in [0.2, 0.25) is 0 Å². The van der Waals surface area contributed by atoms with Crippen LogP contribution >= 0.6 is 0 Å². The van der Waals surface area contributed by atoms with Crippen molar-refractivity contribution in [3.05, 3.63) is 29.8 Å². The quantitative estimate of drug-likeness (QED) is 0.738. The Bertz CT molecular complexity index is 575.